The molecule has 0 saturated carbocycles. The van der Waals surface area contributed by atoms with Gasteiger partial charge in [0.05, 0.1) is 5.92 Å². The summed E-state index contributed by atoms with van der Waals surface area (Å²) in [5.41, 5.74) is 2.46. The fourth-order valence-corrected chi connectivity index (χ4v) is 3.63. The number of aliphatic carboxylic acids is 1. The third kappa shape index (κ3) is 1.65. The molecule has 18 heavy (non-hydrogen) atoms. The number of carbonyl (C=O) groups is 1. The molecule has 1 unspecified atom stereocenters. The molecule has 3 nitrogen and oxygen atoms in total. The van der Waals surface area contributed by atoms with Gasteiger partial charge >= 0.3 is 5.97 Å². The minimum atomic E-state index is -0.668. The second kappa shape index (κ2) is 4.09. The largest absolute Gasteiger partial charge is 0.481 e. The van der Waals surface area contributed by atoms with E-state index < -0.39 is 5.97 Å². The van der Waals surface area contributed by atoms with E-state index in [4.69, 9.17) is 0 Å². The predicted molar refractivity (Wildman–Crippen MR) is 69.8 cm³/mol. The lowest BCUT2D eigenvalue weighted by Gasteiger charge is -2.38. The van der Waals surface area contributed by atoms with E-state index >= 15 is 0 Å². The van der Waals surface area contributed by atoms with Gasteiger partial charge in [0.2, 0.25) is 0 Å². The summed E-state index contributed by atoms with van der Waals surface area (Å²) in [6, 6.07) is 8.15. The smallest absolute Gasteiger partial charge is 0.311 e. The normalized spacial score (nSPS) is 26.2. The lowest BCUT2D eigenvalue weighted by Crippen LogP contribution is -2.39. The number of likely N-dealkylation sites (tertiary alicyclic amines) is 1. The van der Waals surface area contributed by atoms with Gasteiger partial charge in [-0.2, -0.15) is 0 Å². The monoisotopic (exact) mass is 245 g/mol. The van der Waals surface area contributed by atoms with Crippen LogP contribution >= 0.6 is 0 Å². The topological polar surface area (TPSA) is 40.5 Å². The Morgan fingerprint density at radius 3 is 2.67 bits per heavy atom. The van der Waals surface area contributed by atoms with E-state index in [2.05, 4.69) is 18.0 Å². The quantitative estimate of drug-likeness (QED) is 0.824. The predicted octanol–water partition coefficient (Wildman–Crippen LogP) is 2.22. The van der Waals surface area contributed by atoms with Crippen molar-refractivity contribution in [3.63, 3.8) is 0 Å². The standard InChI is InChI=1S/C15H19NO2/c1-16-8-6-15(7-9-16)10-12(14(17)18)11-4-2-3-5-13(11)15/h2-5,12H,6-10H2,1H3,(H,17,18). The maximum Gasteiger partial charge on any atom is 0.311 e. The average Bonchev–Trinajstić information content (AvgIpc) is 2.69. The molecular weight excluding hydrogens is 226 g/mol. The molecule has 2 aliphatic rings. The second-order valence-electron chi connectivity index (χ2n) is 5.77. The van der Waals surface area contributed by atoms with Gasteiger partial charge in [0.25, 0.3) is 0 Å². The molecule has 1 heterocycles. The summed E-state index contributed by atoms with van der Waals surface area (Å²) >= 11 is 0. The zero-order chi connectivity index (χ0) is 12.8. The summed E-state index contributed by atoms with van der Waals surface area (Å²) in [5.74, 6) is -0.970. The van der Waals surface area contributed by atoms with Gasteiger partial charge in [0.15, 0.2) is 0 Å². The Balaban J connectivity index is 2.02. The molecule has 3 heteroatoms. The molecule has 3 rings (SSSR count). The highest BCUT2D eigenvalue weighted by molar-refractivity contribution is 5.78. The van der Waals surface area contributed by atoms with Crippen LogP contribution in [-0.4, -0.2) is 36.1 Å². The van der Waals surface area contributed by atoms with Crippen LogP contribution in [-0.2, 0) is 10.2 Å². The zero-order valence-electron chi connectivity index (χ0n) is 10.7. The molecule has 1 aromatic rings. The van der Waals surface area contributed by atoms with E-state index in [1.54, 1.807) is 0 Å². The summed E-state index contributed by atoms with van der Waals surface area (Å²) in [7, 11) is 2.14. The van der Waals surface area contributed by atoms with Gasteiger partial charge in [-0.1, -0.05) is 24.3 Å². The van der Waals surface area contributed by atoms with Crippen molar-refractivity contribution < 1.29 is 9.90 Å². The van der Waals surface area contributed by atoms with Crippen molar-refractivity contribution in [1.29, 1.82) is 0 Å². The van der Waals surface area contributed by atoms with Crippen LogP contribution < -0.4 is 0 Å². The maximum absolute atomic E-state index is 11.4. The molecule has 1 saturated heterocycles. The lowest BCUT2D eigenvalue weighted by atomic mass is 9.73. The lowest BCUT2D eigenvalue weighted by molar-refractivity contribution is -0.139. The van der Waals surface area contributed by atoms with Crippen molar-refractivity contribution in [3.05, 3.63) is 35.4 Å². The fraction of sp³-hybridized carbons (Fsp3) is 0.533. The number of nitrogens with zero attached hydrogens (tertiary/aromatic N) is 1. The molecule has 1 aliphatic heterocycles. The van der Waals surface area contributed by atoms with Crippen LogP contribution in [0.4, 0.5) is 0 Å². The van der Waals surface area contributed by atoms with Crippen LogP contribution in [0.1, 0.15) is 36.3 Å². The van der Waals surface area contributed by atoms with E-state index in [0.29, 0.717) is 0 Å². The van der Waals surface area contributed by atoms with Crippen LogP contribution in [0.5, 0.6) is 0 Å². The van der Waals surface area contributed by atoms with E-state index in [-0.39, 0.29) is 11.3 Å². The highest BCUT2D eigenvalue weighted by atomic mass is 16.4. The summed E-state index contributed by atoms with van der Waals surface area (Å²) in [6.07, 6.45) is 2.96. The first kappa shape index (κ1) is 11.7. The number of hydrogen-bond donors (Lipinski definition) is 1. The number of rotatable bonds is 1. The van der Waals surface area contributed by atoms with Gasteiger partial charge in [0, 0.05) is 0 Å². The van der Waals surface area contributed by atoms with Gasteiger partial charge in [-0.05, 0) is 55.9 Å². The Bertz CT molecular complexity index is 475. The SMILES string of the molecule is CN1CCC2(CC1)CC(C(=O)O)c1ccccc12. The van der Waals surface area contributed by atoms with Gasteiger partial charge in [-0.25, -0.2) is 0 Å². The molecule has 0 bridgehead atoms. The van der Waals surface area contributed by atoms with E-state index in [0.717, 1.165) is 37.9 Å². The Morgan fingerprint density at radius 1 is 1.33 bits per heavy atom. The minimum Gasteiger partial charge on any atom is -0.481 e. The molecule has 0 amide bonds. The summed E-state index contributed by atoms with van der Waals surface area (Å²) in [6.45, 7) is 2.14. The van der Waals surface area contributed by atoms with E-state index in [1.165, 1.54) is 5.56 Å². The van der Waals surface area contributed by atoms with Crippen LogP contribution in [0, 0.1) is 0 Å². The van der Waals surface area contributed by atoms with Gasteiger partial charge in [-0.15, -0.1) is 0 Å². The van der Waals surface area contributed by atoms with Crippen molar-refractivity contribution in [2.24, 2.45) is 0 Å². The zero-order valence-corrected chi connectivity index (χ0v) is 10.7. The van der Waals surface area contributed by atoms with Crippen LogP contribution in [0.15, 0.2) is 24.3 Å². The Hall–Kier alpha value is -1.35. The molecule has 1 N–H and O–H groups in total. The van der Waals surface area contributed by atoms with Gasteiger partial charge < -0.3 is 10.0 Å². The second-order valence-corrected chi connectivity index (χ2v) is 5.77. The third-order valence-corrected chi connectivity index (χ3v) is 4.74. The van der Waals surface area contributed by atoms with E-state index in [1.807, 2.05) is 18.2 Å². The number of fused-ring (bicyclic) bond motifs is 2. The highest BCUT2D eigenvalue weighted by Crippen LogP contribution is 2.51. The van der Waals surface area contributed by atoms with Crippen LogP contribution in [0.2, 0.25) is 0 Å². The Morgan fingerprint density at radius 2 is 2.00 bits per heavy atom. The maximum atomic E-state index is 11.4. The van der Waals surface area contributed by atoms with Crippen molar-refractivity contribution in [1.82, 2.24) is 4.90 Å². The summed E-state index contributed by atoms with van der Waals surface area (Å²) in [4.78, 5) is 13.8. The van der Waals surface area contributed by atoms with Crippen molar-refractivity contribution in [2.45, 2.75) is 30.6 Å². The molecule has 0 radical (unpaired) electrons. The highest BCUT2D eigenvalue weighted by Gasteiger charge is 2.47. The number of carboxylic acids is 1. The molecule has 0 aromatic heterocycles. The first-order valence-electron chi connectivity index (χ1n) is 6.63. The number of hydrogen-bond acceptors (Lipinski definition) is 2. The first-order chi connectivity index (χ1) is 8.62. The molecule has 1 aromatic carbocycles. The summed E-state index contributed by atoms with van der Waals surface area (Å²) in [5, 5.41) is 9.42. The van der Waals surface area contributed by atoms with Crippen molar-refractivity contribution >= 4 is 5.97 Å². The molecular formula is C15H19NO2. The summed E-state index contributed by atoms with van der Waals surface area (Å²) < 4.78 is 0. The number of carboxylic acid groups (broad SMARTS) is 1. The van der Waals surface area contributed by atoms with Gasteiger partial charge in [-0.3, -0.25) is 4.79 Å². The molecule has 1 atom stereocenters. The van der Waals surface area contributed by atoms with Gasteiger partial charge in [0.1, 0.15) is 0 Å². The molecule has 96 valence electrons. The first-order valence-corrected chi connectivity index (χ1v) is 6.63. The fourth-order valence-electron chi connectivity index (χ4n) is 3.63. The van der Waals surface area contributed by atoms with Crippen LogP contribution in [0.3, 0.4) is 0 Å². The number of benzene rings is 1. The molecule has 1 aliphatic carbocycles. The Kier molecular flexibility index (Phi) is 2.67. The number of piperidine rings is 1. The van der Waals surface area contributed by atoms with Crippen LogP contribution in [0.25, 0.3) is 0 Å². The Labute approximate surface area is 107 Å². The molecule has 1 fully saturated rings. The van der Waals surface area contributed by atoms with Crippen molar-refractivity contribution in [2.75, 3.05) is 20.1 Å². The van der Waals surface area contributed by atoms with Crippen molar-refractivity contribution in [3.8, 4) is 0 Å². The minimum absolute atomic E-state index is 0.117. The van der Waals surface area contributed by atoms with E-state index in [9.17, 15) is 9.90 Å². The molecule has 1 spiro atoms. The average molecular weight is 245 g/mol. The third-order valence-electron chi connectivity index (χ3n) is 4.74.